The highest BCUT2D eigenvalue weighted by atomic mass is 16.3. The molecule has 3 N–H and O–H groups in total. The first-order chi connectivity index (χ1) is 8.13. The predicted molar refractivity (Wildman–Crippen MR) is 65.6 cm³/mol. The van der Waals surface area contributed by atoms with Crippen LogP contribution in [0.5, 0.6) is 0 Å². The maximum atomic E-state index is 11.4. The molecule has 0 atom stereocenters. The number of rotatable bonds is 8. The highest BCUT2D eigenvalue weighted by Gasteiger charge is 2.11. The average molecular weight is 245 g/mol. The molecule has 0 aromatic carbocycles. The molecule has 0 aliphatic rings. The predicted octanol–water partition coefficient (Wildman–Crippen LogP) is -0.0735. The molecular formula is C11H23N3O3. The van der Waals surface area contributed by atoms with Gasteiger partial charge >= 0.3 is 6.03 Å². The summed E-state index contributed by atoms with van der Waals surface area (Å²) in [5, 5.41) is 13.4. The lowest BCUT2D eigenvalue weighted by molar-refractivity contribution is -0.121. The Labute approximate surface area is 102 Å². The summed E-state index contributed by atoms with van der Waals surface area (Å²) in [6, 6.07) is -0.507. The monoisotopic (exact) mass is 245 g/mol. The van der Waals surface area contributed by atoms with Crippen LogP contribution in [0.2, 0.25) is 0 Å². The Morgan fingerprint density at radius 2 is 1.94 bits per heavy atom. The van der Waals surface area contributed by atoms with Gasteiger partial charge in [-0.05, 0) is 13.0 Å². The Balaban J connectivity index is 3.96. The van der Waals surface area contributed by atoms with Gasteiger partial charge in [0.2, 0.25) is 5.91 Å². The van der Waals surface area contributed by atoms with Gasteiger partial charge in [-0.3, -0.25) is 15.0 Å². The second kappa shape index (κ2) is 10.0. The maximum Gasteiger partial charge on any atom is 0.321 e. The molecule has 0 radical (unpaired) electrons. The van der Waals surface area contributed by atoms with Gasteiger partial charge < -0.3 is 10.4 Å². The molecule has 0 unspecified atom stereocenters. The molecule has 6 nitrogen and oxygen atoms in total. The summed E-state index contributed by atoms with van der Waals surface area (Å²) in [5.74, 6) is -0.353. The van der Waals surface area contributed by atoms with E-state index in [0.29, 0.717) is 6.54 Å². The van der Waals surface area contributed by atoms with Crippen molar-refractivity contribution in [2.24, 2.45) is 0 Å². The molecule has 100 valence electrons. The minimum absolute atomic E-state index is 0.0133. The molecule has 0 saturated carbocycles. The largest absolute Gasteiger partial charge is 0.395 e. The highest BCUT2D eigenvalue weighted by molar-refractivity contribution is 5.95. The van der Waals surface area contributed by atoms with Gasteiger partial charge in [-0.2, -0.15) is 0 Å². The molecule has 0 aromatic rings. The van der Waals surface area contributed by atoms with Crippen LogP contribution in [0.25, 0.3) is 0 Å². The summed E-state index contributed by atoms with van der Waals surface area (Å²) in [4.78, 5) is 24.2. The summed E-state index contributed by atoms with van der Waals surface area (Å²) in [6.45, 7) is 3.46. The van der Waals surface area contributed by atoms with Gasteiger partial charge in [-0.25, -0.2) is 4.79 Å². The van der Waals surface area contributed by atoms with E-state index in [2.05, 4.69) is 17.6 Å². The van der Waals surface area contributed by atoms with E-state index in [1.807, 2.05) is 4.90 Å². The summed E-state index contributed by atoms with van der Waals surface area (Å²) in [7, 11) is 1.45. The number of imide groups is 1. The third-order valence-electron chi connectivity index (χ3n) is 2.34. The van der Waals surface area contributed by atoms with Crippen LogP contribution < -0.4 is 10.6 Å². The fourth-order valence-corrected chi connectivity index (χ4v) is 1.43. The Bertz CT molecular complexity index is 234. The quantitative estimate of drug-likeness (QED) is 0.523. The van der Waals surface area contributed by atoms with Gasteiger partial charge in [0.1, 0.15) is 0 Å². The molecule has 0 rings (SSSR count). The highest BCUT2D eigenvalue weighted by Crippen LogP contribution is 1.97. The SMILES string of the molecule is CCCCCN(CCO)CC(=O)NC(=O)NC. The summed E-state index contributed by atoms with van der Waals surface area (Å²) >= 11 is 0. The van der Waals surface area contributed by atoms with E-state index in [1.165, 1.54) is 7.05 Å². The molecule has 0 saturated heterocycles. The number of nitrogens with zero attached hydrogens (tertiary/aromatic N) is 1. The molecule has 0 aliphatic heterocycles. The van der Waals surface area contributed by atoms with Gasteiger partial charge in [0.25, 0.3) is 0 Å². The maximum absolute atomic E-state index is 11.4. The lowest BCUT2D eigenvalue weighted by Gasteiger charge is -2.20. The van der Waals surface area contributed by atoms with Gasteiger partial charge in [-0.1, -0.05) is 19.8 Å². The van der Waals surface area contributed by atoms with Gasteiger partial charge in [0.05, 0.1) is 13.2 Å². The number of carbonyl (C=O) groups excluding carboxylic acids is 2. The first-order valence-electron chi connectivity index (χ1n) is 5.98. The average Bonchev–Trinajstić information content (AvgIpc) is 2.29. The number of carbonyl (C=O) groups is 2. The van der Waals surface area contributed by atoms with E-state index in [0.717, 1.165) is 25.8 Å². The fourth-order valence-electron chi connectivity index (χ4n) is 1.43. The standard InChI is InChI=1S/C11H23N3O3/c1-3-4-5-6-14(7-8-15)9-10(16)13-11(17)12-2/h15H,3-9H2,1-2H3,(H2,12,13,16,17). The molecule has 0 bridgehead atoms. The Hall–Kier alpha value is -1.14. The molecule has 6 heteroatoms. The number of hydrogen-bond acceptors (Lipinski definition) is 4. The molecule has 0 fully saturated rings. The van der Waals surface area contributed by atoms with Crippen LogP contribution in [0.15, 0.2) is 0 Å². The number of aliphatic hydroxyl groups is 1. The molecule has 0 heterocycles. The van der Waals surface area contributed by atoms with E-state index in [9.17, 15) is 9.59 Å². The van der Waals surface area contributed by atoms with Crippen LogP contribution in [0.1, 0.15) is 26.2 Å². The van der Waals surface area contributed by atoms with Crippen molar-refractivity contribution in [1.82, 2.24) is 15.5 Å². The molecule has 0 spiro atoms. The number of urea groups is 1. The number of nitrogens with one attached hydrogen (secondary N) is 2. The number of amides is 3. The molecule has 17 heavy (non-hydrogen) atoms. The van der Waals surface area contributed by atoms with Crippen LogP contribution >= 0.6 is 0 Å². The van der Waals surface area contributed by atoms with Crippen molar-refractivity contribution >= 4 is 11.9 Å². The number of hydrogen-bond donors (Lipinski definition) is 3. The van der Waals surface area contributed by atoms with Crippen LogP contribution in [-0.4, -0.2) is 55.2 Å². The van der Waals surface area contributed by atoms with Crippen molar-refractivity contribution in [2.75, 3.05) is 33.3 Å². The van der Waals surface area contributed by atoms with E-state index < -0.39 is 6.03 Å². The van der Waals surface area contributed by atoms with Crippen molar-refractivity contribution in [2.45, 2.75) is 26.2 Å². The zero-order valence-corrected chi connectivity index (χ0v) is 10.7. The Kier molecular flexibility index (Phi) is 9.37. The summed E-state index contributed by atoms with van der Waals surface area (Å²) in [6.07, 6.45) is 3.19. The Morgan fingerprint density at radius 1 is 1.24 bits per heavy atom. The van der Waals surface area contributed by atoms with Crippen molar-refractivity contribution in [1.29, 1.82) is 0 Å². The fraction of sp³-hybridized carbons (Fsp3) is 0.818. The smallest absolute Gasteiger partial charge is 0.321 e. The van der Waals surface area contributed by atoms with Crippen LogP contribution in [0.4, 0.5) is 4.79 Å². The van der Waals surface area contributed by atoms with Gasteiger partial charge in [-0.15, -0.1) is 0 Å². The van der Waals surface area contributed by atoms with E-state index in [4.69, 9.17) is 5.11 Å². The third kappa shape index (κ3) is 8.65. The zero-order valence-electron chi connectivity index (χ0n) is 10.7. The minimum Gasteiger partial charge on any atom is -0.395 e. The van der Waals surface area contributed by atoms with Crippen LogP contribution in [-0.2, 0) is 4.79 Å². The lowest BCUT2D eigenvalue weighted by Crippen LogP contribution is -2.44. The van der Waals surface area contributed by atoms with Crippen molar-refractivity contribution in [3.63, 3.8) is 0 Å². The second-order valence-electron chi connectivity index (χ2n) is 3.83. The van der Waals surface area contributed by atoms with E-state index in [-0.39, 0.29) is 19.1 Å². The van der Waals surface area contributed by atoms with Crippen molar-refractivity contribution < 1.29 is 14.7 Å². The number of unbranched alkanes of at least 4 members (excludes halogenated alkanes) is 2. The number of aliphatic hydroxyl groups excluding tert-OH is 1. The normalized spacial score (nSPS) is 10.4. The first kappa shape index (κ1) is 15.9. The molecule has 0 aromatic heterocycles. The topological polar surface area (TPSA) is 81.7 Å². The van der Waals surface area contributed by atoms with Crippen LogP contribution in [0, 0.1) is 0 Å². The van der Waals surface area contributed by atoms with Crippen LogP contribution in [0.3, 0.4) is 0 Å². The minimum atomic E-state index is -0.507. The second-order valence-corrected chi connectivity index (χ2v) is 3.83. The first-order valence-corrected chi connectivity index (χ1v) is 5.98. The lowest BCUT2D eigenvalue weighted by atomic mass is 10.2. The third-order valence-corrected chi connectivity index (χ3v) is 2.34. The van der Waals surface area contributed by atoms with Gasteiger partial charge in [0.15, 0.2) is 0 Å². The van der Waals surface area contributed by atoms with Gasteiger partial charge in [0, 0.05) is 13.6 Å². The van der Waals surface area contributed by atoms with Crippen molar-refractivity contribution in [3.05, 3.63) is 0 Å². The summed E-state index contributed by atoms with van der Waals surface area (Å²) in [5.41, 5.74) is 0. The van der Waals surface area contributed by atoms with Crippen molar-refractivity contribution in [3.8, 4) is 0 Å². The summed E-state index contributed by atoms with van der Waals surface area (Å²) < 4.78 is 0. The molecule has 0 aliphatic carbocycles. The van der Waals surface area contributed by atoms with E-state index in [1.54, 1.807) is 0 Å². The Morgan fingerprint density at radius 3 is 2.47 bits per heavy atom. The molecule has 3 amide bonds. The zero-order chi connectivity index (χ0) is 13.1. The van der Waals surface area contributed by atoms with E-state index >= 15 is 0 Å². The molecular weight excluding hydrogens is 222 g/mol.